The lowest BCUT2D eigenvalue weighted by Gasteiger charge is -2.21. The number of hydrogen-bond acceptors (Lipinski definition) is 4. The maximum absolute atomic E-state index is 11.9. The zero-order valence-corrected chi connectivity index (χ0v) is 13.2. The number of carbonyl (C=O) groups excluding carboxylic acids is 2. The van der Waals surface area contributed by atoms with E-state index in [9.17, 15) is 9.59 Å². The van der Waals surface area contributed by atoms with Gasteiger partial charge in [-0.3, -0.25) is 4.79 Å². The van der Waals surface area contributed by atoms with E-state index in [0.717, 1.165) is 12.8 Å². The van der Waals surface area contributed by atoms with Crippen LogP contribution in [0.4, 0.5) is 5.69 Å². The SMILES string of the molecule is Nc1ccc(Cl)cc1C(=O)OCC(=O)NCC1CCCCC1. The van der Waals surface area contributed by atoms with E-state index in [-0.39, 0.29) is 23.8 Å². The minimum absolute atomic E-state index is 0.174. The Morgan fingerprint density at radius 2 is 2.00 bits per heavy atom. The van der Waals surface area contributed by atoms with Gasteiger partial charge in [0.05, 0.1) is 5.56 Å². The van der Waals surface area contributed by atoms with Gasteiger partial charge in [0.2, 0.25) is 0 Å². The van der Waals surface area contributed by atoms with Crippen LogP contribution in [0.3, 0.4) is 0 Å². The number of nitrogens with two attached hydrogens (primary N) is 1. The van der Waals surface area contributed by atoms with Crippen LogP contribution in [-0.4, -0.2) is 25.0 Å². The smallest absolute Gasteiger partial charge is 0.340 e. The van der Waals surface area contributed by atoms with Gasteiger partial charge < -0.3 is 15.8 Å². The molecule has 0 atom stereocenters. The van der Waals surface area contributed by atoms with Crippen molar-refractivity contribution in [2.45, 2.75) is 32.1 Å². The zero-order chi connectivity index (χ0) is 15.9. The molecule has 1 aliphatic rings. The Balaban J connectivity index is 1.75. The van der Waals surface area contributed by atoms with E-state index in [1.54, 1.807) is 6.07 Å². The number of carbonyl (C=O) groups is 2. The molecular formula is C16H21ClN2O3. The van der Waals surface area contributed by atoms with E-state index in [1.165, 1.54) is 31.4 Å². The van der Waals surface area contributed by atoms with Crippen LogP contribution in [0.25, 0.3) is 0 Å². The molecule has 1 saturated carbocycles. The molecule has 22 heavy (non-hydrogen) atoms. The lowest BCUT2D eigenvalue weighted by Crippen LogP contribution is -2.33. The quantitative estimate of drug-likeness (QED) is 0.644. The first-order chi connectivity index (χ1) is 10.6. The highest BCUT2D eigenvalue weighted by atomic mass is 35.5. The van der Waals surface area contributed by atoms with E-state index in [1.807, 2.05) is 0 Å². The van der Waals surface area contributed by atoms with Crippen LogP contribution in [0.5, 0.6) is 0 Å². The van der Waals surface area contributed by atoms with Gasteiger partial charge in [-0.2, -0.15) is 0 Å². The number of benzene rings is 1. The van der Waals surface area contributed by atoms with Crippen LogP contribution < -0.4 is 11.1 Å². The highest BCUT2D eigenvalue weighted by molar-refractivity contribution is 6.31. The van der Waals surface area contributed by atoms with Crippen LogP contribution in [-0.2, 0) is 9.53 Å². The molecule has 0 radical (unpaired) electrons. The molecule has 1 amide bonds. The molecule has 1 aliphatic carbocycles. The Labute approximate surface area is 135 Å². The number of nitrogens with one attached hydrogen (secondary N) is 1. The van der Waals surface area contributed by atoms with Crippen LogP contribution in [0, 0.1) is 5.92 Å². The van der Waals surface area contributed by atoms with Crippen molar-refractivity contribution >= 4 is 29.2 Å². The molecule has 0 aliphatic heterocycles. The lowest BCUT2D eigenvalue weighted by molar-refractivity contribution is -0.124. The number of rotatable bonds is 5. The third-order valence-corrected chi connectivity index (χ3v) is 4.12. The number of amides is 1. The Bertz CT molecular complexity index is 542. The van der Waals surface area contributed by atoms with E-state index < -0.39 is 5.97 Å². The number of esters is 1. The van der Waals surface area contributed by atoms with Gasteiger partial charge in [-0.25, -0.2) is 4.79 Å². The first kappa shape index (κ1) is 16.6. The average Bonchev–Trinajstić information content (AvgIpc) is 2.54. The molecule has 6 heteroatoms. The van der Waals surface area contributed by atoms with Crippen molar-refractivity contribution in [3.63, 3.8) is 0 Å². The summed E-state index contributed by atoms with van der Waals surface area (Å²) in [6.45, 7) is 0.340. The van der Waals surface area contributed by atoms with Gasteiger partial charge in [0.25, 0.3) is 5.91 Å². The molecule has 0 spiro atoms. The lowest BCUT2D eigenvalue weighted by atomic mass is 9.89. The largest absolute Gasteiger partial charge is 0.452 e. The third-order valence-electron chi connectivity index (χ3n) is 3.88. The van der Waals surface area contributed by atoms with Crippen molar-refractivity contribution in [1.29, 1.82) is 0 Å². The fourth-order valence-electron chi connectivity index (χ4n) is 2.61. The van der Waals surface area contributed by atoms with E-state index in [0.29, 0.717) is 17.5 Å². The standard InChI is InChI=1S/C16H21ClN2O3/c17-12-6-7-14(18)13(8-12)16(21)22-10-15(20)19-9-11-4-2-1-3-5-11/h6-8,11H,1-5,9-10,18H2,(H,19,20). The van der Waals surface area contributed by atoms with Crippen molar-refractivity contribution < 1.29 is 14.3 Å². The number of halogens is 1. The maximum atomic E-state index is 11.9. The van der Waals surface area contributed by atoms with E-state index >= 15 is 0 Å². The summed E-state index contributed by atoms with van der Waals surface area (Å²) in [7, 11) is 0. The van der Waals surface area contributed by atoms with Crippen molar-refractivity contribution in [1.82, 2.24) is 5.32 Å². The summed E-state index contributed by atoms with van der Waals surface area (Å²) in [5.74, 6) is -0.399. The van der Waals surface area contributed by atoms with Gasteiger partial charge in [-0.1, -0.05) is 30.9 Å². The fourth-order valence-corrected chi connectivity index (χ4v) is 2.79. The van der Waals surface area contributed by atoms with Crippen molar-refractivity contribution in [2.24, 2.45) is 5.92 Å². The molecule has 0 unspecified atom stereocenters. The summed E-state index contributed by atoms with van der Waals surface area (Å²) >= 11 is 5.82. The molecule has 2 rings (SSSR count). The van der Waals surface area contributed by atoms with Crippen molar-refractivity contribution in [2.75, 3.05) is 18.9 Å². The molecule has 0 heterocycles. The molecule has 1 aromatic rings. The zero-order valence-electron chi connectivity index (χ0n) is 12.4. The summed E-state index contributed by atoms with van der Waals surface area (Å²) in [6, 6.07) is 4.55. The predicted octanol–water partition coefficient (Wildman–Crippen LogP) is 2.78. The van der Waals surface area contributed by atoms with Crippen molar-refractivity contribution in [3.05, 3.63) is 28.8 Å². The number of hydrogen-bond donors (Lipinski definition) is 2. The third kappa shape index (κ3) is 4.91. The second-order valence-corrected chi connectivity index (χ2v) is 6.05. The fraction of sp³-hybridized carbons (Fsp3) is 0.500. The molecule has 0 aromatic heterocycles. The Morgan fingerprint density at radius 1 is 1.27 bits per heavy atom. The molecule has 1 fully saturated rings. The normalized spacial score (nSPS) is 15.3. The molecule has 3 N–H and O–H groups in total. The molecule has 120 valence electrons. The minimum atomic E-state index is -0.646. The van der Waals surface area contributed by atoms with Crippen LogP contribution in [0.1, 0.15) is 42.5 Å². The summed E-state index contributed by atoms with van der Waals surface area (Å²) in [6.07, 6.45) is 6.04. The first-order valence-corrected chi connectivity index (χ1v) is 7.93. The highest BCUT2D eigenvalue weighted by Gasteiger charge is 2.16. The maximum Gasteiger partial charge on any atom is 0.340 e. The van der Waals surface area contributed by atoms with E-state index in [4.69, 9.17) is 22.1 Å². The first-order valence-electron chi connectivity index (χ1n) is 7.55. The summed E-state index contributed by atoms with van der Waals surface area (Å²) < 4.78 is 4.98. The number of nitrogen functional groups attached to an aromatic ring is 1. The van der Waals surface area contributed by atoms with Crippen LogP contribution in [0.2, 0.25) is 5.02 Å². The Morgan fingerprint density at radius 3 is 2.73 bits per heavy atom. The van der Waals surface area contributed by atoms with Gasteiger partial charge >= 0.3 is 5.97 Å². The summed E-state index contributed by atoms with van der Waals surface area (Å²) in [5.41, 5.74) is 6.14. The monoisotopic (exact) mass is 324 g/mol. The molecule has 5 nitrogen and oxygen atoms in total. The van der Waals surface area contributed by atoms with Crippen LogP contribution >= 0.6 is 11.6 Å². The highest BCUT2D eigenvalue weighted by Crippen LogP contribution is 2.22. The summed E-state index contributed by atoms with van der Waals surface area (Å²) in [4.78, 5) is 23.6. The Kier molecular flexibility index (Phi) is 6.07. The van der Waals surface area contributed by atoms with Gasteiger partial charge in [-0.15, -0.1) is 0 Å². The second kappa shape index (κ2) is 8.03. The van der Waals surface area contributed by atoms with Crippen LogP contribution in [0.15, 0.2) is 18.2 Å². The number of anilines is 1. The second-order valence-electron chi connectivity index (χ2n) is 5.62. The molecule has 0 saturated heterocycles. The summed E-state index contributed by atoms with van der Waals surface area (Å²) in [5, 5.41) is 3.20. The van der Waals surface area contributed by atoms with Gasteiger partial charge in [0.15, 0.2) is 6.61 Å². The van der Waals surface area contributed by atoms with Gasteiger partial charge in [0.1, 0.15) is 0 Å². The molecular weight excluding hydrogens is 304 g/mol. The van der Waals surface area contributed by atoms with Crippen molar-refractivity contribution in [3.8, 4) is 0 Å². The van der Waals surface area contributed by atoms with E-state index in [2.05, 4.69) is 5.32 Å². The van der Waals surface area contributed by atoms with Gasteiger partial charge in [0, 0.05) is 17.3 Å². The Hall–Kier alpha value is -1.75. The van der Waals surface area contributed by atoms with Gasteiger partial charge in [-0.05, 0) is 37.0 Å². The topological polar surface area (TPSA) is 81.4 Å². The molecule has 0 bridgehead atoms. The minimum Gasteiger partial charge on any atom is -0.452 e. The predicted molar refractivity (Wildman–Crippen MR) is 85.7 cm³/mol. The number of ether oxygens (including phenoxy) is 1. The average molecular weight is 325 g/mol. The molecule has 1 aromatic carbocycles.